The molecular weight excluding hydrogens is 202 g/mol. The van der Waals surface area contributed by atoms with Gasteiger partial charge in [0.1, 0.15) is 0 Å². The molecule has 1 N–H and O–H groups in total. The van der Waals surface area contributed by atoms with Crippen molar-refractivity contribution in [3.05, 3.63) is 12.7 Å². The zero-order valence-electron chi connectivity index (χ0n) is 10.2. The molecule has 1 aliphatic heterocycles. The molecule has 1 amide bonds. The lowest BCUT2D eigenvalue weighted by molar-refractivity contribution is -0.116. The third kappa shape index (κ3) is 4.77. The summed E-state index contributed by atoms with van der Waals surface area (Å²) in [5.74, 6) is -0.0733. The van der Waals surface area contributed by atoms with Gasteiger partial charge in [-0.15, -0.1) is 0 Å². The van der Waals surface area contributed by atoms with Crippen molar-refractivity contribution >= 4 is 5.91 Å². The van der Waals surface area contributed by atoms with Crippen LogP contribution in [0.5, 0.6) is 0 Å². The number of nitrogens with one attached hydrogen (secondary N) is 1. The number of carbonyl (C=O) groups excluding carboxylic acids is 1. The van der Waals surface area contributed by atoms with Gasteiger partial charge in [-0.05, 0) is 25.6 Å². The maximum Gasteiger partial charge on any atom is 0.243 e. The summed E-state index contributed by atoms with van der Waals surface area (Å²) in [6.07, 6.45) is 2.34. The minimum atomic E-state index is -0.0733. The lowest BCUT2D eigenvalue weighted by atomic mass is 10.3. The van der Waals surface area contributed by atoms with Gasteiger partial charge in [-0.3, -0.25) is 4.79 Å². The summed E-state index contributed by atoms with van der Waals surface area (Å²) in [5.41, 5.74) is 0. The van der Waals surface area contributed by atoms with E-state index in [4.69, 9.17) is 0 Å². The van der Waals surface area contributed by atoms with Crippen molar-refractivity contribution in [2.75, 3.05) is 45.8 Å². The number of hydrogen-bond acceptors (Lipinski definition) is 3. The van der Waals surface area contributed by atoms with Crippen molar-refractivity contribution in [3.8, 4) is 0 Å². The van der Waals surface area contributed by atoms with Gasteiger partial charge in [0.25, 0.3) is 0 Å². The Morgan fingerprint density at radius 1 is 1.31 bits per heavy atom. The Hall–Kier alpha value is -0.870. The smallest absolute Gasteiger partial charge is 0.243 e. The molecule has 0 aromatic heterocycles. The van der Waals surface area contributed by atoms with E-state index < -0.39 is 0 Å². The number of rotatable bonds is 6. The Morgan fingerprint density at radius 2 is 1.94 bits per heavy atom. The van der Waals surface area contributed by atoms with E-state index in [1.807, 2.05) is 0 Å². The van der Waals surface area contributed by atoms with Gasteiger partial charge in [-0.1, -0.05) is 13.5 Å². The second kappa shape index (κ2) is 7.41. The summed E-state index contributed by atoms with van der Waals surface area (Å²) in [5, 5.41) is 2.80. The standard InChI is InChI=1S/C12H23N3O/c1-3-12(16)13-6-5-7-15-10-8-14(4-2)9-11-15/h3H,1,4-11H2,2H3,(H,13,16). The van der Waals surface area contributed by atoms with Gasteiger partial charge in [-0.2, -0.15) is 0 Å². The highest BCUT2D eigenvalue weighted by atomic mass is 16.1. The largest absolute Gasteiger partial charge is 0.353 e. The molecule has 4 heteroatoms. The van der Waals surface area contributed by atoms with E-state index in [2.05, 4.69) is 28.6 Å². The Kier molecular flexibility index (Phi) is 6.11. The topological polar surface area (TPSA) is 35.6 Å². The van der Waals surface area contributed by atoms with E-state index in [9.17, 15) is 4.79 Å². The highest BCUT2D eigenvalue weighted by molar-refractivity contribution is 5.86. The Balaban J connectivity index is 2.02. The summed E-state index contributed by atoms with van der Waals surface area (Å²) in [6, 6.07) is 0. The van der Waals surface area contributed by atoms with Gasteiger partial charge in [0, 0.05) is 32.7 Å². The van der Waals surface area contributed by atoms with E-state index in [-0.39, 0.29) is 5.91 Å². The molecule has 92 valence electrons. The molecule has 1 fully saturated rings. The van der Waals surface area contributed by atoms with Gasteiger partial charge in [0.15, 0.2) is 0 Å². The summed E-state index contributed by atoms with van der Waals surface area (Å²) in [7, 11) is 0. The number of carbonyl (C=O) groups is 1. The third-order valence-electron chi connectivity index (χ3n) is 3.05. The summed E-state index contributed by atoms with van der Waals surface area (Å²) in [4.78, 5) is 15.8. The average molecular weight is 225 g/mol. The molecule has 0 atom stereocenters. The molecule has 0 radical (unpaired) electrons. The van der Waals surface area contributed by atoms with Gasteiger partial charge in [0.05, 0.1) is 0 Å². The van der Waals surface area contributed by atoms with Gasteiger partial charge < -0.3 is 15.1 Å². The van der Waals surface area contributed by atoms with E-state index >= 15 is 0 Å². The molecule has 0 aromatic rings. The first-order chi connectivity index (χ1) is 7.76. The van der Waals surface area contributed by atoms with Crippen LogP contribution < -0.4 is 5.32 Å². The fourth-order valence-electron chi connectivity index (χ4n) is 1.92. The lowest BCUT2D eigenvalue weighted by Gasteiger charge is -2.33. The van der Waals surface area contributed by atoms with Crippen LogP contribution in [0.3, 0.4) is 0 Å². The van der Waals surface area contributed by atoms with Crippen molar-refractivity contribution in [1.29, 1.82) is 0 Å². The number of likely N-dealkylation sites (N-methyl/N-ethyl adjacent to an activating group) is 1. The predicted molar refractivity (Wildman–Crippen MR) is 66.4 cm³/mol. The van der Waals surface area contributed by atoms with Crippen LogP contribution in [0.4, 0.5) is 0 Å². The monoisotopic (exact) mass is 225 g/mol. The molecule has 1 heterocycles. The van der Waals surface area contributed by atoms with E-state index in [0.29, 0.717) is 0 Å². The van der Waals surface area contributed by atoms with Gasteiger partial charge in [-0.25, -0.2) is 0 Å². The first-order valence-corrected chi connectivity index (χ1v) is 6.11. The van der Waals surface area contributed by atoms with E-state index in [0.717, 1.165) is 39.1 Å². The quantitative estimate of drug-likeness (QED) is 0.522. The SMILES string of the molecule is C=CC(=O)NCCCN1CCN(CC)CC1. The molecule has 1 rings (SSSR count). The molecule has 1 saturated heterocycles. The van der Waals surface area contributed by atoms with E-state index in [1.165, 1.54) is 19.2 Å². The molecule has 0 spiro atoms. The number of nitrogens with zero attached hydrogens (tertiary/aromatic N) is 2. The maximum atomic E-state index is 10.9. The Labute approximate surface area is 98.3 Å². The van der Waals surface area contributed by atoms with Crippen LogP contribution in [0, 0.1) is 0 Å². The number of amides is 1. The van der Waals surface area contributed by atoms with Crippen LogP contribution >= 0.6 is 0 Å². The van der Waals surface area contributed by atoms with Gasteiger partial charge >= 0.3 is 0 Å². The lowest BCUT2D eigenvalue weighted by Crippen LogP contribution is -2.46. The fraction of sp³-hybridized carbons (Fsp3) is 0.750. The second-order valence-corrected chi connectivity index (χ2v) is 4.12. The zero-order chi connectivity index (χ0) is 11.8. The molecule has 0 saturated carbocycles. The normalized spacial score (nSPS) is 18.3. The molecule has 1 aliphatic rings. The highest BCUT2D eigenvalue weighted by Crippen LogP contribution is 2.01. The van der Waals surface area contributed by atoms with Gasteiger partial charge in [0.2, 0.25) is 5.91 Å². The van der Waals surface area contributed by atoms with Crippen LogP contribution in [-0.4, -0.2) is 61.5 Å². The summed E-state index contributed by atoms with van der Waals surface area (Å²) in [6.45, 7) is 13.3. The van der Waals surface area contributed by atoms with Crippen molar-refractivity contribution < 1.29 is 4.79 Å². The minimum absolute atomic E-state index is 0.0733. The molecule has 0 unspecified atom stereocenters. The van der Waals surface area contributed by atoms with Crippen molar-refractivity contribution in [1.82, 2.24) is 15.1 Å². The molecule has 0 aromatic carbocycles. The fourth-order valence-corrected chi connectivity index (χ4v) is 1.92. The van der Waals surface area contributed by atoms with Crippen LogP contribution in [-0.2, 0) is 4.79 Å². The first-order valence-electron chi connectivity index (χ1n) is 6.11. The van der Waals surface area contributed by atoms with Crippen LogP contribution in [0.1, 0.15) is 13.3 Å². The van der Waals surface area contributed by atoms with Crippen molar-refractivity contribution in [3.63, 3.8) is 0 Å². The Bertz CT molecular complexity index is 222. The third-order valence-corrected chi connectivity index (χ3v) is 3.05. The van der Waals surface area contributed by atoms with Crippen molar-refractivity contribution in [2.24, 2.45) is 0 Å². The first kappa shape index (κ1) is 13.2. The molecule has 0 aliphatic carbocycles. The maximum absolute atomic E-state index is 10.9. The molecular formula is C12H23N3O. The zero-order valence-corrected chi connectivity index (χ0v) is 10.2. The second-order valence-electron chi connectivity index (χ2n) is 4.12. The molecule has 0 bridgehead atoms. The minimum Gasteiger partial charge on any atom is -0.353 e. The van der Waals surface area contributed by atoms with Crippen LogP contribution in [0.15, 0.2) is 12.7 Å². The molecule has 16 heavy (non-hydrogen) atoms. The van der Waals surface area contributed by atoms with E-state index in [1.54, 1.807) is 0 Å². The molecule has 4 nitrogen and oxygen atoms in total. The summed E-state index contributed by atoms with van der Waals surface area (Å²) < 4.78 is 0. The highest BCUT2D eigenvalue weighted by Gasteiger charge is 2.14. The summed E-state index contributed by atoms with van der Waals surface area (Å²) >= 11 is 0. The van der Waals surface area contributed by atoms with Crippen molar-refractivity contribution in [2.45, 2.75) is 13.3 Å². The Morgan fingerprint density at radius 3 is 2.50 bits per heavy atom. The van der Waals surface area contributed by atoms with Crippen LogP contribution in [0.2, 0.25) is 0 Å². The number of piperazine rings is 1. The predicted octanol–water partition coefficient (Wildman–Crippen LogP) is 0.316. The van der Waals surface area contributed by atoms with Crippen LogP contribution in [0.25, 0.3) is 0 Å². The number of hydrogen-bond donors (Lipinski definition) is 1. The average Bonchev–Trinajstić information content (AvgIpc) is 2.35.